The standard InChI is InChI=1S/C19H17N3O2/c1-13-3-7-15(8-4-13)20-19(24)18-17(23)11-12-22(21-18)16-9-5-14(2)6-10-16/h3-12H,1-2H3,(H,20,24). The number of rotatable bonds is 3. The second-order valence-electron chi connectivity index (χ2n) is 5.63. The first kappa shape index (κ1) is 15.7. The van der Waals surface area contributed by atoms with Crippen molar-refractivity contribution in [2.75, 3.05) is 5.32 Å². The van der Waals surface area contributed by atoms with Gasteiger partial charge in [-0.05, 0) is 38.1 Å². The van der Waals surface area contributed by atoms with Crippen molar-refractivity contribution >= 4 is 11.6 Å². The van der Waals surface area contributed by atoms with Crippen LogP contribution in [-0.2, 0) is 0 Å². The van der Waals surface area contributed by atoms with Crippen LogP contribution in [0.25, 0.3) is 5.69 Å². The van der Waals surface area contributed by atoms with E-state index in [0.29, 0.717) is 5.69 Å². The van der Waals surface area contributed by atoms with Gasteiger partial charge in [0.1, 0.15) is 0 Å². The molecule has 1 amide bonds. The maximum Gasteiger partial charge on any atom is 0.280 e. The predicted molar refractivity (Wildman–Crippen MR) is 93.7 cm³/mol. The topological polar surface area (TPSA) is 64.0 Å². The summed E-state index contributed by atoms with van der Waals surface area (Å²) < 4.78 is 1.52. The molecule has 0 atom stereocenters. The summed E-state index contributed by atoms with van der Waals surface area (Å²) in [6.45, 7) is 3.95. The smallest absolute Gasteiger partial charge is 0.280 e. The van der Waals surface area contributed by atoms with Gasteiger partial charge in [-0.15, -0.1) is 0 Å². The molecule has 0 bridgehead atoms. The Morgan fingerprint density at radius 3 is 2.12 bits per heavy atom. The molecular weight excluding hydrogens is 302 g/mol. The Morgan fingerprint density at radius 1 is 0.917 bits per heavy atom. The zero-order valence-electron chi connectivity index (χ0n) is 13.5. The van der Waals surface area contributed by atoms with E-state index in [1.807, 2.05) is 50.2 Å². The molecule has 0 unspecified atom stereocenters. The van der Waals surface area contributed by atoms with Crippen molar-refractivity contribution in [2.24, 2.45) is 0 Å². The van der Waals surface area contributed by atoms with Crippen LogP contribution in [0.2, 0.25) is 0 Å². The van der Waals surface area contributed by atoms with Gasteiger partial charge in [0.15, 0.2) is 5.69 Å². The van der Waals surface area contributed by atoms with Crippen molar-refractivity contribution < 1.29 is 4.79 Å². The van der Waals surface area contributed by atoms with Crippen LogP contribution in [0.1, 0.15) is 21.6 Å². The molecule has 0 saturated carbocycles. The fourth-order valence-corrected chi connectivity index (χ4v) is 2.23. The fraction of sp³-hybridized carbons (Fsp3) is 0.105. The molecule has 0 radical (unpaired) electrons. The Labute approximate surface area is 139 Å². The highest BCUT2D eigenvalue weighted by Crippen LogP contribution is 2.10. The molecule has 1 N–H and O–H groups in total. The third kappa shape index (κ3) is 3.41. The summed E-state index contributed by atoms with van der Waals surface area (Å²) in [5.41, 5.74) is 3.06. The van der Waals surface area contributed by atoms with E-state index < -0.39 is 11.3 Å². The summed E-state index contributed by atoms with van der Waals surface area (Å²) in [7, 11) is 0. The van der Waals surface area contributed by atoms with Gasteiger partial charge in [0.25, 0.3) is 5.91 Å². The number of carbonyl (C=O) groups excluding carboxylic acids is 1. The van der Waals surface area contributed by atoms with Gasteiger partial charge < -0.3 is 5.32 Å². The molecule has 0 fully saturated rings. The SMILES string of the molecule is Cc1ccc(NC(=O)c2nn(-c3ccc(C)cc3)ccc2=O)cc1. The van der Waals surface area contributed by atoms with E-state index >= 15 is 0 Å². The Kier molecular flexibility index (Phi) is 4.24. The summed E-state index contributed by atoms with van der Waals surface area (Å²) in [4.78, 5) is 24.4. The summed E-state index contributed by atoms with van der Waals surface area (Å²) in [6, 6.07) is 16.3. The summed E-state index contributed by atoms with van der Waals surface area (Å²) in [5, 5.41) is 6.88. The largest absolute Gasteiger partial charge is 0.320 e. The van der Waals surface area contributed by atoms with Crippen LogP contribution < -0.4 is 10.7 Å². The second-order valence-corrected chi connectivity index (χ2v) is 5.63. The first-order valence-electron chi connectivity index (χ1n) is 7.58. The highest BCUT2D eigenvalue weighted by Gasteiger charge is 2.13. The summed E-state index contributed by atoms with van der Waals surface area (Å²) in [5.74, 6) is -0.523. The predicted octanol–water partition coefficient (Wildman–Crippen LogP) is 3.10. The quantitative estimate of drug-likeness (QED) is 0.807. The van der Waals surface area contributed by atoms with Crippen LogP contribution in [0.3, 0.4) is 0 Å². The van der Waals surface area contributed by atoms with E-state index in [1.54, 1.807) is 18.3 Å². The number of hydrogen-bond donors (Lipinski definition) is 1. The number of benzene rings is 2. The van der Waals surface area contributed by atoms with E-state index in [9.17, 15) is 9.59 Å². The van der Waals surface area contributed by atoms with E-state index in [0.717, 1.165) is 16.8 Å². The molecule has 0 aliphatic rings. The Bertz CT molecular complexity index is 926. The van der Waals surface area contributed by atoms with Gasteiger partial charge in [0.05, 0.1) is 5.69 Å². The Morgan fingerprint density at radius 2 is 1.50 bits per heavy atom. The highest BCUT2D eigenvalue weighted by molar-refractivity contribution is 6.02. The monoisotopic (exact) mass is 319 g/mol. The molecule has 120 valence electrons. The van der Waals surface area contributed by atoms with Crippen LogP contribution in [0.4, 0.5) is 5.69 Å². The molecule has 3 aromatic rings. The van der Waals surface area contributed by atoms with Gasteiger partial charge in [-0.1, -0.05) is 35.4 Å². The molecule has 1 aromatic heterocycles. The number of amides is 1. The fourth-order valence-electron chi connectivity index (χ4n) is 2.23. The number of anilines is 1. The second kappa shape index (κ2) is 6.50. The lowest BCUT2D eigenvalue weighted by molar-refractivity contribution is 0.101. The van der Waals surface area contributed by atoms with Gasteiger partial charge in [-0.3, -0.25) is 9.59 Å². The lowest BCUT2D eigenvalue weighted by Crippen LogP contribution is -2.25. The van der Waals surface area contributed by atoms with Crippen LogP contribution in [0, 0.1) is 13.8 Å². The Balaban J connectivity index is 1.91. The zero-order chi connectivity index (χ0) is 17.1. The van der Waals surface area contributed by atoms with Crippen LogP contribution >= 0.6 is 0 Å². The van der Waals surface area contributed by atoms with Gasteiger partial charge in [0, 0.05) is 18.0 Å². The molecule has 3 rings (SSSR count). The zero-order valence-corrected chi connectivity index (χ0v) is 13.5. The minimum absolute atomic E-state index is 0.140. The van der Waals surface area contributed by atoms with Crippen LogP contribution in [0.15, 0.2) is 65.6 Å². The van der Waals surface area contributed by atoms with E-state index in [-0.39, 0.29) is 5.69 Å². The van der Waals surface area contributed by atoms with Crippen molar-refractivity contribution in [2.45, 2.75) is 13.8 Å². The van der Waals surface area contributed by atoms with Crippen molar-refractivity contribution in [3.8, 4) is 5.69 Å². The number of nitrogens with zero attached hydrogens (tertiary/aromatic N) is 2. The number of hydrogen-bond acceptors (Lipinski definition) is 3. The van der Waals surface area contributed by atoms with Crippen LogP contribution in [0.5, 0.6) is 0 Å². The van der Waals surface area contributed by atoms with Gasteiger partial charge in [-0.25, -0.2) is 4.68 Å². The summed E-state index contributed by atoms with van der Waals surface area (Å²) >= 11 is 0. The third-order valence-electron chi connectivity index (χ3n) is 3.63. The van der Waals surface area contributed by atoms with Gasteiger partial charge in [0.2, 0.25) is 5.43 Å². The highest BCUT2D eigenvalue weighted by atomic mass is 16.2. The molecule has 24 heavy (non-hydrogen) atoms. The molecule has 0 saturated heterocycles. The molecule has 1 heterocycles. The first-order chi connectivity index (χ1) is 11.5. The molecular formula is C19H17N3O2. The van der Waals surface area contributed by atoms with Gasteiger partial charge in [-0.2, -0.15) is 5.10 Å². The van der Waals surface area contributed by atoms with Crippen molar-refractivity contribution in [1.82, 2.24) is 9.78 Å². The lowest BCUT2D eigenvalue weighted by Gasteiger charge is -2.08. The lowest BCUT2D eigenvalue weighted by atomic mass is 10.2. The van der Waals surface area contributed by atoms with Gasteiger partial charge >= 0.3 is 0 Å². The minimum atomic E-state index is -0.523. The van der Waals surface area contributed by atoms with E-state index in [4.69, 9.17) is 0 Å². The minimum Gasteiger partial charge on any atom is -0.320 e. The molecule has 0 spiro atoms. The molecule has 5 nitrogen and oxygen atoms in total. The maximum atomic E-state index is 12.4. The number of aryl methyl sites for hydroxylation is 2. The molecule has 2 aromatic carbocycles. The average Bonchev–Trinajstić information content (AvgIpc) is 2.58. The number of aromatic nitrogens is 2. The first-order valence-corrected chi connectivity index (χ1v) is 7.58. The van der Waals surface area contributed by atoms with Crippen molar-refractivity contribution in [3.63, 3.8) is 0 Å². The van der Waals surface area contributed by atoms with Crippen molar-refractivity contribution in [1.29, 1.82) is 0 Å². The molecule has 5 heteroatoms. The number of nitrogens with one attached hydrogen (secondary N) is 1. The average molecular weight is 319 g/mol. The number of carbonyl (C=O) groups is 1. The molecule has 0 aliphatic carbocycles. The third-order valence-corrected chi connectivity index (χ3v) is 3.63. The van der Waals surface area contributed by atoms with E-state index in [2.05, 4.69) is 10.4 Å². The van der Waals surface area contributed by atoms with E-state index in [1.165, 1.54) is 10.7 Å². The summed E-state index contributed by atoms with van der Waals surface area (Å²) in [6.07, 6.45) is 1.55. The Hall–Kier alpha value is -3.21. The van der Waals surface area contributed by atoms with Crippen LogP contribution in [-0.4, -0.2) is 15.7 Å². The maximum absolute atomic E-state index is 12.4. The van der Waals surface area contributed by atoms with Crippen molar-refractivity contribution in [3.05, 3.63) is 87.8 Å². The normalized spacial score (nSPS) is 10.4. The molecule has 0 aliphatic heterocycles.